The van der Waals surface area contributed by atoms with E-state index in [1.807, 2.05) is 0 Å². The highest BCUT2D eigenvalue weighted by atomic mass is 19.4. The highest BCUT2D eigenvalue weighted by Gasteiger charge is 2.57. The quantitative estimate of drug-likeness (QED) is 0.827. The van der Waals surface area contributed by atoms with Gasteiger partial charge >= 0.3 is 18.1 Å². The Morgan fingerprint density at radius 3 is 2.44 bits per heavy atom. The van der Waals surface area contributed by atoms with Crippen LogP contribution >= 0.6 is 0 Å². The number of hydrogen-bond acceptors (Lipinski definition) is 4. The molecule has 0 unspecified atom stereocenters. The number of hydrogen-bond donors (Lipinski definition) is 1. The molecule has 6 nitrogen and oxygen atoms in total. The molecule has 0 saturated carbocycles. The van der Waals surface area contributed by atoms with Gasteiger partial charge in [-0.2, -0.15) is 13.2 Å². The summed E-state index contributed by atoms with van der Waals surface area (Å²) in [4.78, 5) is 37.1. The average Bonchev–Trinajstić information content (AvgIpc) is 2.83. The molecule has 25 heavy (non-hydrogen) atoms. The van der Waals surface area contributed by atoms with E-state index in [9.17, 15) is 27.6 Å². The Kier molecular flexibility index (Phi) is 5.05. The summed E-state index contributed by atoms with van der Waals surface area (Å²) in [5.74, 6) is -3.47. The van der Waals surface area contributed by atoms with Crippen LogP contribution in [-0.2, 0) is 19.1 Å². The Balaban J connectivity index is 2.44. The van der Waals surface area contributed by atoms with Crippen LogP contribution < -0.4 is 5.32 Å². The van der Waals surface area contributed by atoms with E-state index in [4.69, 9.17) is 4.74 Å². The molecular formula is C16H17F3N2O4. The lowest BCUT2D eigenvalue weighted by Gasteiger charge is -2.34. The van der Waals surface area contributed by atoms with Gasteiger partial charge in [-0.15, -0.1) is 0 Å². The topological polar surface area (TPSA) is 75.7 Å². The highest BCUT2D eigenvalue weighted by molar-refractivity contribution is 5.92. The molecule has 1 aliphatic rings. The second-order valence-corrected chi connectivity index (χ2v) is 5.82. The number of amides is 2. The van der Waals surface area contributed by atoms with Crippen molar-refractivity contribution in [2.75, 3.05) is 20.7 Å². The smallest absolute Gasteiger partial charge is 0.468 e. The highest BCUT2D eigenvalue weighted by Crippen LogP contribution is 2.47. The summed E-state index contributed by atoms with van der Waals surface area (Å²) in [5.41, 5.74) is -1.09. The van der Waals surface area contributed by atoms with Crippen LogP contribution in [0.3, 0.4) is 0 Å². The Labute approximate surface area is 141 Å². The van der Waals surface area contributed by atoms with Gasteiger partial charge in [-0.25, -0.2) is 0 Å². The van der Waals surface area contributed by atoms with Gasteiger partial charge < -0.3 is 15.0 Å². The lowest BCUT2D eigenvalue weighted by molar-refractivity contribution is -0.175. The Morgan fingerprint density at radius 2 is 1.92 bits per heavy atom. The molecule has 2 atom stereocenters. The number of nitrogens with one attached hydrogen (secondary N) is 1. The summed E-state index contributed by atoms with van der Waals surface area (Å²) in [6, 6.07) is 7.55. The van der Waals surface area contributed by atoms with E-state index >= 15 is 0 Å². The zero-order valence-corrected chi connectivity index (χ0v) is 13.6. The molecule has 2 amide bonds. The van der Waals surface area contributed by atoms with E-state index < -0.39 is 42.0 Å². The van der Waals surface area contributed by atoms with Gasteiger partial charge in [0.2, 0.25) is 5.91 Å². The molecule has 1 N–H and O–H groups in total. The first-order chi connectivity index (χ1) is 11.6. The molecule has 1 aromatic carbocycles. The number of alkyl halides is 3. The van der Waals surface area contributed by atoms with Crippen LogP contribution in [0.15, 0.2) is 30.3 Å². The summed E-state index contributed by atoms with van der Waals surface area (Å²) < 4.78 is 42.2. The monoisotopic (exact) mass is 358 g/mol. The normalized spacial score (nSPS) is 23.5. The molecular weight excluding hydrogens is 341 g/mol. The van der Waals surface area contributed by atoms with E-state index in [0.29, 0.717) is 5.56 Å². The summed E-state index contributed by atoms with van der Waals surface area (Å²) in [5, 5.41) is 1.72. The third kappa shape index (κ3) is 3.45. The van der Waals surface area contributed by atoms with Crippen LogP contribution in [0.25, 0.3) is 0 Å². The van der Waals surface area contributed by atoms with E-state index in [-0.39, 0.29) is 6.42 Å². The number of likely N-dealkylation sites (tertiary alicyclic amines) is 1. The van der Waals surface area contributed by atoms with Crippen molar-refractivity contribution in [3.8, 4) is 0 Å². The van der Waals surface area contributed by atoms with Crippen molar-refractivity contribution >= 4 is 17.8 Å². The van der Waals surface area contributed by atoms with Crippen molar-refractivity contribution in [2.24, 2.45) is 5.41 Å². The van der Waals surface area contributed by atoms with Crippen LogP contribution in [0.1, 0.15) is 18.0 Å². The van der Waals surface area contributed by atoms with E-state index in [1.165, 1.54) is 11.9 Å². The summed E-state index contributed by atoms with van der Waals surface area (Å²) >= 11 is 0. The molecule has 0 aromatic heterocycles. The van der Waals surface area contributed by atoms with Crippen molar-refractivity contribution in [3.05, 3.63) is 35.9 Å². The summed E-state index contributed by atoms with van der Waals surface area (Å²) in [6.07, 6.45) is -5.46. The molecule has 1 saturated heterocycles. The number of nitrogens with zero attached hydrogens (tertiary/aromatic N) is 1. The van der Waals surface area contributed by atoms with Crippen molar-refractivity contribution in [3.63, 3.8) is 0 Å². The number of carbonyl (C=O) groups excluding carboxylic acids is 3. The maximum atomic E-state index is 12.5. The van der Waals surface area contributed by atoms with Gasteiger partial charge in [0.15, 0.2) is 0 Å². The number of rotatable bonds is 4. The fraction of sp³-hybridized carbons (Fsp3) is 0.438. The minimum atomic E-state index is -5.09. The van der Waals surface area contributed by atoms with Crippen LogP contribution in [0.2, 0.25) is 0 Å². The van der Waals surface area contributed by atoms with Gasteiger partial charge in [0.05, 0.1) is 13.2 Å². The van der Waals surface area contributed by atoms with Gasteiger partial charge in [0.25, 0.3) is 0 Å². The third-order valence-corrected chi connectivity index (χ3v) is 4.30. The molecule has 9 heteroatoms. The first-order valence-corrected chi connectivity index (χ1v) is 7.37. The van der Waals surface area contributed by atoms with E-state index in [2.05, 4.69) is 0 Å². The van der Waals surface area contributed by atoms with Crippen LogP contribution in [0, 0.1) is 5.41 Å². The maximum Gasteiger partial charge on any atom is 0.471 e. The molecule has 1 fully saturated rings. The third-order valence-electron chi connectivity index (χ3n) is 4.30. The molecule has 2 rings (SSSR count). The number of ether oxygens (including phenoxy) is 1. The average molecular weight is 358 g/mol. The number of esters is 1. The van der Waals surface area contributed by atoms with Gasteiger partial charge in [-0.05, 0) is 5.56 Å². The predicted octanol–water partition coefficient (Wildman–Crippen LogP) is 1.43. The van der Waals surface area contributed by atoms with Gasteiger partial charge in [-0.1, -0.05) is 30.3 Å². The van der Waals surface area contributed by atoms with Crippen LogP contribution in [0.5, 0.6) is 0 Å². The number of halogens is 3. The van der Waals surface area contributed by atoms with Crippen molar-refractivity contribution in [2.45, 2.75) is 18.6 Å². The SMILES string of the molecule is COC(=O)[C@]1(CNC(=O)C(F)(F)F)CC(=O)N(C)[C@@H]1c1ccccc1. The minimum Gasteiger partial charge on any atom is -0.468 e. The Morgan fingerprint density at radius 1 is 1.32 bits per heavy atom. The first kappa shape index (κ1) is 18.8. The predicted molar refractivity (Wildman–Crippen MR) is 80.1 cm³/mol. The number of carbonyl (C=O) groups is 3. The van der Waals surface area contributed by atoms with E-state index in [0.717, 1.165) is 7.11 Å². The second kappa shape index (κ2) is 6.73. The first-order valence-electron chi connectivity index (χ1n) is 7.37. The number of benzene rings is 1. The largest absolute Gasteiger partial charge is 0.471 e. The second-order valence-electron chi connectivity index (χ2n) is 5.82. The zero-order valence-electron chi connectivity index (χ0n) is 13.6. The Bertz CT molecular complexity index is 678. The molecule has 0 bridgehead atoms. The molecule has 136 valence electrons. The fourth-order valence-electron chi connectivity index (χ4n) is 3.14. The summed E-state index contributed by atoms with van der Waals surface area (Å²) in [6.45, 7) is -0.673. The zero-order chi connectivity index (χ0) is 18.8. The van der Waals surface area contributed by atoms with Gasteiger partial charge in [0.1, 0.15) is 5.41 Å². The van der Waals surface area contributed by atoms with Crippen molar-refractivity contribution in [1.82, 2.24) is 10.2 Å². The summed E-state index contributed by atoms with van der Waals surface area (Å²) in [7, 11) is 2.54. The lowest BCUT2D eigenvalue weighted by atomic mass is 9.76. The molecule has 1 aliphatic heterocycles. The van der Waals surface area contributed by atoms with Gasteiger partial charge in [0, 0.05) is 20.0 Å². The van der Waals surface area contributed by atoms with E-state index in [1.54, 1.807) is 35.6 Å². The van der Waals surface area contributed by atoms with Crippen molar-refractivity contribution in [1.29, 1.82) is 0 Å². The van der Waals surface area contributed by atoms with Gasteiger partial charge in [-0.3, -0.25) is 14.4 Å². The minimum absolute atomic E-state index is 0.367. The number of methoxy groups -OCH3 is 1. The lowest BCUT2D eigenvalue weighted by Crippen LogP contribution is -2.49. The van der Waals surface area contributed by atoms with Crippen molar-refractivity contribution < 1.29 is 32.3 Å². The maximum absolute atomic E-state index is 12.5. The standard InChI is InChI=1S/C16H17F3N2O4/c1-21-11(22)8-15(14(24)25-2,9-20-13(23)16(17,18)19)12(21)10-6-4-3-5-7-10/h3-7,12H,8-9H2,1-2H3,(H,20,23)/t12-,15+/m1/s1. The molecule has 0 spiro atoms. The fourth-order valence-corrected chi connectivity index (χ4v) is 3.14. The molecule has 0 aliphatic carbocycles. The molecule has 0 radical (unpaired) electrons. The van der Waals surface area contributed by atoms with Crippen LogP contribution in [-0.4, -0.2) is 49.6 Å². The van der Waals surface area contributed by atoms with Crippen LogP contribution in [0.4, 0.5) is 13.2 Å². The Hall–Kier alpha value is -2.58. The molecule has 1 aromatic rings. The molecule has 1 heterocycles.